The van der Waals surface area contributed by atoms with Crippen molar-refractivity contribution in [2.75, 3.05) is 13.1 Å². The largest absolute Gasteiger partial charge is 0.390 e. The normalized spacial score (nSPS) is 16.4. The molecule has 1 saturated heterocycles. The number of aliphatic hydroxyl groups excluding tert-OH is 1. The van der Waals surface area contributed by atoms with Crippen LogP contribution in [0.4, 0.5) is 4.39 Å². The third-order valence-electron chi connectivity index (χ3n) is 8.05. The fourth-order valence-electron chi connectivity index (χ4n) is 5.57. The van der Waals surface area contributed by atoms with Gasteiger partial charge in [0.25, 0.3) is 11.8 Å². The summed E-state index contributed by atoms with van der Waals surface area (Å²) in [7, 11) is 0. The van der Waals surface area contributed by atoms with Crippen LogP contribution in [0.1, 0.15) is 80.8 Å². The van der Waals surface area contributed by atoms with Crippen LogP contribution in [0.15, 0.2) is 78.4 Å². The van der Waals surface area contributed by atoms with Crippen LogP contribution in [-0.4, -0.2) is 57.0 Å². The lowest BCUT2D eigenvalue weighted by Gasteiger charge is -2.25. The Morgan fingerprint density at radius 3 is 2.60 bits per heavy atom. The molecule has 1 fully saturated rings. The van der Waals surface area contributed by atoms with Gasteiger partial charge < -0.3 is 20.6 Å². The molecule has 2 aromatic heterocycles. The molecule has 3 N–H and O–H groups in total. The van der Waals surface area contributed by atoms with Crippen molar-refractivity contribution in [3.63, 3.8) is 0 Å². The SMILES string of the molecule is Cc1csc(C2CCCN2C(=O)c2cccc(C(=O)N[C@@H](Cc3ccccc3)[C@H](O)CNCc3cncc(C(C)(C)F)c3)c2)n1. The molecule has 4 aromatic rings. The first-order valence-electron chi connectivity index (χ1n) is 15.3. The molecule has 1 aliphatic heterocycles. The number of carbonyl (C=O) groups excluding carboxylic acids is 2. The second-order valence-electron chi connectivity index (χ2n) is 12.1. The molecule has 2 aromatic carbocycles. The number of nitrogens with zero attached hydrogens (tertiary/aromatic N) is 3. The van der Waals surface area contributed by atoms with Gasteiger partial charge in [-0.1, -0.05) is 36.4 Å². The van der Waals surface area contributed by atoms with Crippen molar-refractivity contribution >= 4 is 23.2 Å². The third kappa shape index (κ3) is 8.39. The summed E-state index contributed by atoms with van der Waals surface area (Å²) >= 11 is 1.57. The first-order chi connectivity index (χ1) is 21.6. The van der Waals surface area contributed by atoms with Gasteiger partial charge in [-0.25, -0.2) is 9.37 Å². The highest BCUT2D eigenvalue weighted by Gasteiger charge is 2.33. The van der Waals surface area contributed by atoms with Gasteiger partial charge in [0, 0.05) is 59.8 Å². The molecule has 0 aliphatic carbocycles. The van der Waals surface area contributed by atoms with Crippen LogP contribution >= 0.6 is 11.3 Å². The van der Waals surface area contributed by atoms with Gasteiger partial charge in [-0.3, -0.25) is 14.6 Å². The Bertz CT molecular complexity index is 1610. The number of aryl methyl sites for hydroxylation is 1. The molecular formula is C35H40FN5O3S. The Hall–Kier alpha value is -3.99. The molecule has 236 valence electrons. The average Bonchev–Trinajstić information content (AvgIpc) is 3.70. The van der Waals surface area contributed by atoms with Crippen molar-refractivity contribution in [1.82, 2.24) is 25.5 Å². The smallest absolute Gasteiger partial charge is 0.254 e. The van der Waals surface area contributed by atoms with E-state index >= 15 is 0 Å². The molecule has 0 spiro atoms. The first-order valence-corrected chi connectivity index (χ1v) is 16.2. The Morgan fingerprint density at radius 1 is 1.09 bits per heavy atom. The minimum atomic E-state index is -1.51. The summed E-state index contributed by atoms with van der Waals surface area (Å²) in [6.07, 6.45) is 4.41. The van der Waals surface area contributed by atoms with Crippen molar-refractivity contribution in [3.05, 3.63) is 117 Å². The quantitative estimate of drug-likeness (QED) is 0.191. The van der Waals surface area contributed by atoms with E-state index in [9.17, 15) is 19.1 Å². The van der Waals surface area contributed by atoms with E-state index in [4.69, 9.17) is 0 Å². The monoisotopic (exact) mass is 629 g/mol. The molecule has 3 heterocycles. The maximum absolute atomic E-state index is 14.4. The number of amides is 2. The van der Waals surface area contributed by atoms with E-state index in [1.54, 1.807) is 47.9 Å². The van der Waals surface area contributed by atoms with Crippen LogP contribution in [0.25, 0.3) is 0 Å². The molecule has 0 saturated carbocycles. The number of benzene rings is 2. The molecule has 0 bridgehead atoms. The van der Waals surface area contributed by atoms with Crippen molar-refractivity contribution < 1.29 is 19.1 Å². The summed E-state index contributed by atoms with van der Waals surface area (Å²) in [5.74, 6) is -0.500. The maximum Gasteiger partial charge on any atom is 0.254 e. The van der Waals surface area contributed by atoms with E-state index in [2.05, 4.69) is 20.6 Å². The van der Waals surface area contributed by atoms with Crippen molar-refractivity contribution in [1.29, 1.82) is 0 Å². The van der Waals surface area contributed by atoms with Crippen molar-refractivity contribution in [3.8, 4) is 0 Å². The molecule has 3 atom stereocenters. The zero-order chi connectivity index (χ0) is 32.0. The number of halogens is 1. The minimum Gasteiger partial charge on any atom is -0.390 e. The molecule has 8 nitrogen and oxygen atoms in total. The van der Waals surface area contributed by atoms with Crippen molar-refractivity contribution in [2.45, 2.75) is 70.4 Å². The minimum absolute atomic E-state index is 0.0618. The number of aliphatic hydroxyl groups is 1. The van der Waals surface area contributed by atoms with E-state index in [1.807, 2.05) is 47.5 Å². The molecular weight excluding hydrogens is 589 g/mol. The van der Waals surface area contributed by atoms with Gasteiger partial charge in [-0.15, -0.1) is 11.3 Å². The first kappa shape index (κ1) is 32.4. The number of aromatic nitrogens is 2. The topological polar surface area (TPSA) is 107 Å². The molecule has 5 rings (SSSR count). The summed E-state index contributed by atoms with van der Waals surface area (Å²) in [5, 5.41) is 20.4. The highest BCUT2D eigenvalue weighted by Crippen LogP contribution is 2.35. The summed E-state index contributed by atoms with van der Waals surface area (Å²) in [5.41, 5.74) is 2.46. The fraction of sp³-hybridized carbons (Fsp3) is 0.371. The zero-order valence-electron chi connectivity index (χ0n) is 25.9. The van der Waals surface area contributed by atoms with Gasteiger partial charge in [0.15, 0.2) is 0 Å². The van der Waals surface area contributed by atoms with Gasteiger partial charge in [-0.05, 0) is 75.4 Å². The summed E-state index contributed by atoms with van der Waals surface area (Å²) in [6.45, 7) is 6.13. The van der Waals surface area contributed by atoms with Gasteiger partial charge in [0.1, 0.15) is 10.7 Å². The van der Waals surface area contributed by atoms with E-state index < -0.39 is 17.8 Å². The lowest BCUT2D eigenvalue weighted by atomic mass is 9.99. The van der Waals surface area contributed by atoms with E-state index in [-0.39, 0.29) is 24.4 Å². The Labute approximate surface area is 267 Å². The lowest BCUT2D eigenvalue weighted by Crippen LogP contribution is -2.48. The third-order valence-corrected chi connectivity index (χ3v) is 9.11. The van der Waals surface area contributed by atoms with Gasteiger partial charge in [0.2, 0.25) is 0 Å². The van der Waals surface area contributed by atoms with E-state index in [0.717, 1.165) is 34.7 Å². The van der Waals surface area contributed by atoms with Gasteiger partial charge >= 0.3 is 0 Å². The number of rotatable bonds is 12. The standard InChI is InChI=1S/C35H40FN5O3S/c1-23-22-45-33(39-23)30-13-8-14-41(30)34(44)27-12-7-11-26(17-27)32(43)40-29(16-24-9-5-4-6-10-24)31(42)21-38-19-25-15-28(20-37-18-25)35(2,3)36/h4-7,9-12,15,17-18,20,22,29-31,38,42H,8,13-14,16,19,21H2,1-3H3,(H,40,43)/t29-,30?,31+/m0/s1. The number of hydrogen-bond donors (Lipinski definition) is 3. The summed E-state index contributed by atoms with van der Waals surface area (Å²) in [6, 6.07) is 17.5. The lowest BCUT2D eigenvalue weighted by molar-refractivity contribution is 0.0735. The molecule has 2 amide bonds. The summed E-state index contributed by atoms with van der Waals surface area (Å²) < 4.78 is 14.4. The number of nitrogens with one attached hydrogen (secondary N) is 2. The second kappa shape index (κ2) is 14.4. The molecule has 1 unspecified atom stereocenters. The van der Waals surface area contributed by atoms with Crippen LogP contribution in [-0.2, 0) is 18.6 Å². The number of hydrogen-bond acceptors (Lipinski definition) is 7. The van der Waals surface area contributed by atoms with E-state index in [1.165, 1.54) is 20.0 Å². The fourth-order valence-corrected chi connectivity index (χ4v) is 6.51. The molecule has 10 heteroatoms. The van der Waals surface area contributed by atoms with Crippen LogP contribution < -0.4 is 10.6 Å². The Morgan fingerprint density at radius 2 is 1.87 bits per heavy atom. The predicted octanol–water partition coefficient (Wildman–Crippen LogP) is 5.52. The Kier molecular flexibility index (Phi) is 10.4. The second-order valence-corrected chi connectivity index (χ2v) is 13.0. The number of alkyl halides is 1. The van der Waals surface area contributed by atoms with Crippen molar-refractivity contribution in [2.24, 2.45) is 0 Å². The van der Waals surface area contributed by atoms with Crippen LogP contribution in [0.3, 0.4) is 0 Å². The highest BCUT2D eigenvalue weighted by molar-refractivity contribution is 7.09. The zero-order valence-corrected chi connectivity index (χ0v) is 26.7. The average molecular weight is 630 g/mol. The van der Waals surface area contributed by atoms with Crippen LogP contribution in [0.2, 0.25) is 0 Å². The van der Waals surface area contributed by atoms with E-state index in [0.29, 0.717) is 36.2 Å². The number of pyridine rings is 1. The predicted molar refractivity (Wildman–Crippen MR) is 174 cm³/mol. The van der Waals surface area contributed by atoms with Gasteiger partial charge in [0.05, 0.1) is 18.2 Å². The summed E-state index contributed by atoms with van der Waals surface area (Å²) in [4.78, 5) is 37.7. The van der Waals surface area contributed by atoms with Crippen LogP contribution in [0, 0.1) is 6.92 Å². The maximum atomic E-state index is 14.4. The highest BCUT2D eigenvalue weighted by atomic mass is 32.1. The number of carbonyl (C=O) groups is 2. The molecule has 0 radical (unpaired) electrons. The van der Waals surface area contributed by atoms with Gasteiger partial charge in [-0.2, -0.15) is 0 Å². The molecule has 45 heavy (non-hydrogen) atoms. The molecule has 1 aliphatic rings. The number of likely N-dealkylation sites (tertiary alicyclic amines) is 1. The number of thiazole rings is 1. The van der Waals surface area contributed by atoms with Crippen LogP contribution in [0.5, 0.6) is 0 Å². The Balaban J connectivity index is 1.26.